The second-order valence-electron chi connectivity index (χ2n) is 4.91. The van der Waals surface area contributed by atoms with Gasteiger partial charge >= 0.3 is 0 Å². The number of benzene rings is 1. The number of carbonyl (C=O) groups is 2. The van der Waals surface area contributed by atoms with Gasteiger partial charge in [0, 0.05) is 18.5 Å². The Labute approximate surface area is 116 Å². The van der Waals surface area contributed by atoms with Crippen molar-refractivity contribution in [1.82, 2.24) is 20.4 Å². The average molecular weight is 272 g/mol. The number of para-hydroxylation sites is 1. The number of aromatic nitrogens is 2. The monoisotopic (exact) mass is 272 g/mol. The highest BCUT2D eigenvalue weighted by Gasteiger charge is 2.19. The van der Waals surface area contributed by atoms with E-state index in [-0.39, 0.29) is 18.4 Å². The second kappa shape index (κ2) is 5.32. The van der Waals surface area contributed by atoms with Gasteiger partial charge in [-0.25, -0.2) is 0 Å². The van der Waals surface area contributed by atoms with Crippen molar-refractivity contribution in [2.24, 2.45) is 0 Å². The van der Waals surface area contributed by atoms with Crippen LogP contribution in [0.5, 0.6) is 0 Å². The number of likely N-dealkylation sites (tertiary alicyclic amines) is 1. The molecule has 2 amide bonds. The normalized spacial score (nSPS) is 14.7. The molecule has 1 aliphatic rings. The molecule has 3 rings (SSSR count). The first-order chi connectivity index (χ1) is 9.75. The van der Waals surface area contributed by atoms with E-state index in [9.17, 15) is 9.59 Å². The number of nitrogens with one attached hydrogen (secondary N) is 2. The molecule has 0 aliphatic carbocycles. The van der Waals surface area contributed by atoms with Gasteiger partial charge < -0.3 is 10.2 Å². The van der Waals surface area contributed by atoms with Gasteiger partial charge in [0.1, 0.15) is 0 Å². The topological polar surface area (TPSA) is 78.1 Å². The summed E-state index contributed by atoms with van der Waals surface area (Å²) in [6.07, 6.45) is 3.77. The van der Waals surface area contributed by atoms with Crippen molar-refractivity contribution in [3.63, 3.8) is 0 Å². The Bertz CT molecular complexity index is 643. The lowest BCUT2D eigenvalue weighted by Crippen LogP contribution is -2.38. The Balaban J connectivity index is 1.67. The summed E-state index contributed by atoms with van der Waals surface area (Å²) in [5, 5.41) is 10.3. The number of hydrogen-bond donors (Lipinski definition) is 2. The van der Waals surface area contributed by atoms with Crippen molar-refractivity contribution >= 4 is 22.7 Å². The molecule has 1 aliphatic heterocycles. The highest BCUT2D eigenvalue weighted by atomic mass is 16.2. The maximum atomic E-state index is 12.1. The maximum absolute atomic E-state index is 12.1. The van der Waals surface area contributed by atoms with Crippen LogP contribution in [0.1, 0.15) is 23.2 Å². The molecule has 0 unspecified atom stereocenters. The molecule has 1 saturated heterocycles. The fraction of sp³-hybridized carbons (Fsp3) is 0.357. The molecule has 1 aromatic carbocycles. The SMILES string of the molecule is O=C(NCC(=O)N1CCCC1)c1cccc2cn[nH]c12. The fourth-order valence-electron chi connectivity index (χ4n) is 2.49. The van der Waals surface area contributed by atoms with Crippen LogP contribution in [0, 0.1) is 0 Å². The van der Waals surface area contributed by atoms with E-state index in [1.165, 1.54) is 0 Å². The van der Waals surface area contributed by atoms with Crippen molar-refractivity contribution in [2.75, 3.05) is 19.6 Å². The van der Waals surface area contributed by atoms with Gasteiger partial charge in [-0.2, -0.15) is 5.10 Å². The molecule has 0 spiro atoms. The molecule has 20 heavy (non-hydrogen) atoms. The van der Waals surface area contributed by atoms with Crippen LogP contribution in [0.2, 0.25) is 0 Å². The third-order valence-electron chi connectivity index (χ3n) is 3.58. The molecule has 1 fully saturated rings. The van der Waals surface area contributed by atoms with E-state index in [1.54, 1.807) is 23.2 Å². The summed E-state index contributed by atoms with van der Waals surface area (Å²) in [5.41, 5.74) is 1.20. The number of aromatic amines is 1. The van der Waals surface area contributed by atoms with E-state index in [0.29, 0.717) is 11.1 Å². The van der Waals surface area contributed by atoms with Gasteiger partial charge in [-0.05, 0) is 18.9 Å². The molecule has 0 saturated carbocycles. The number of H-pyrrole nitrogens is 1. The van der Waals surface area contributed by atoms with Gasteiger partial charge in [0.25, 0.3) is 5.91 Å². The molecule has 0 atom stereocenters. The largest absolute Gasteiger partial charge is 0.343 e. The fourth-order valence-corrected chi connectivity index (χ4v) is 2.49. The minimum Gasteiger partial charge on any atom is -0.343 e. The highest BCUT2D eigenvalue weighted by Crippen LogP contribution is 2.15. The molecular formula is C14H16N4O2. The van der Waals surface area contributed by atoms with Crippen molar-refractivity contribution < 1.29 is 9.59 Å². The van der Waals surface area contributed by atoms with Crippen molar-refractivity contribution in [1.29, 1.82) is 0 Å². The first-order valence-corrected chi connectivity index (χ1v) is 6.74. The van der Waals surface area contributed by atoms with E-state index < -0.39 is 0 Å². The van der Waals surface area contributed by atoms with Crippen molar-refractivity contribution in [3.05, 3.63) is 30.0 Å². The number of fused-ring (bicyclic) bond motifs is 1. The van der Waals surface area contributed by atoms with Gasteiger partial charge in [-0.3, -0.25) is 14.7 Å². The number of hydrogen-bond acceptors (Lipinski definition) is 3. The Morgan fingerprint density at radius 1 is 1.30 bits per heavy atom. The molecule has 2 N–H and O–H groups in total. The van der Waals surface area contributed by atoms with Gasteiger partial charge in [0.15, 0.2) is 0 Å². The van der Waals surface area contributed by atoms with E-state index in [2.05, 4.69) is 15.5 Å². The lowest BCUT2D eigenvalue weighted by atomic mass is 10.1. The van der Waals surface area contributed by atoms with E-state index >= 15 is 0 Å². The molecule has 1 aromatic heterocycles. The quantitative estimate of drug-likeness (QED) is 0.872. The van der Waals surface area contributed by atoms with Crippen LogP contribution in [-0.2, 0) is 4.79 Å². The second-order valence-corrected chi connectivity index (χ2v) is 4.91. The van der Waals surface area contributed by atoms with Crippen LogP contribution in [0.15, 0.2) is 24.4 Å². The molecule has 0 radical (unpaired) electrons. The molecule has 2 heterocycles. The van der Waals surface area contributed by atoms with Crippen LogP contribution < -0.4 is 5.32 Å². The summed E-state index contributed by atoms with van der Waals surface area (Å²) in [5.74, 6) is -0.278. The average Bonchev–Trinajstić information content (AvgIpc) is 3.13. The first-order valence-electron chi connectivity index (χ1n) is 6.74. The number of rotatable bonds is 3. The van der Waals surface area contributed by atoms with Gasteiger partial charge in [-0.1, -0.05) is 12.1 Å². The standard InChI is InChI=1S/C14H16N4O2/c19-12(18-6-1-2-7-18)9-15-14(20)11-5-3-4-10-8-16-17-13(10)11/h3-5,8H,1-2,6-7,9H2,(H,15,20)(H,16,17). The third kappa shape index (κ3) is 2.36. The van der Waals surface area contributed by atoms with Crippen LogP contribution in [0.25, 0.3) is 10.9 Å². The summed E-state index contributed by atoms with van der Waals surface area (Å²) in [6, 6.07) is 5.40. The molecule has 104 valence electrons. The number of amides is 2. The Morgan fingerprint density at radius 2 is 2.10 bits per heavy atom. The number of nitrogens with zero attached hydrogens (tertiary/aromatic N) is 2. The molecular weight excluding hydrogens is 256 g/mol. The smallest absolute Gasteiger partial charge is 0.253 e. The molecule has 6 heteroatoms. The predicted octanol–water partition coefficient (Wildman–Crippen LogP) is 0.915. The molecule has 2 aromatic rings. The van der Waals surface area contributed by atoms with Crippen LogP contribution in [-0.4, -0.2) is 46.5 Å². The summed E-state index contributed by atoms with van der Waals surface area (Å²) in [6.45, 7) is 1.64. The Hall–Kier alpha value is -2.37. The van der Waals surface area contributed by atoms with Crippen LogP contribution in [0.4, 0.5) is 0 Å². The van der Waals surface area contributed by atoms with Crippen molar-refractivity contribution in [2.45, 2.75) is 12.8 Å². The Morgan fingerprint density at radius 3 is 2.90 bits per heavy atom. The van der Waals surface area contributed by atoms with Gasteiger partial charge in [-0.15, -0.1) is 0 Å². The van der Waals surface area contributed by atoms with Gasteiger partial charge in [0.2, 0.25) is 5.91 Å². The predicted molar refractivity (Wildman–Crippen MR) is 74.2 cm³/mol. The number of carbonyl (C=O) groups excluding carboxylic acids is 2. The zero-order valence-electron chi connectivity index (χ0n) is 11.1. The minimum atomic E-state index is -0.257. The van der Waals surface area contributed by atoms with E-state index in [1.807, 2.05) is 6.07 Å². The van der Waals surface area contributed by atoms with E-state index in [0.717, 1.165) is 31.3 Å². The first kappa shape index (κ1) is 12.7. The molecule has 6 nitrogen and oxygen atoms in total. The summed E-state index contributed by atoms with van der Waals surface area (Å²) in [4.78, 5) is 25.8. The Kier molecular flexibility index (Phi) is 3.37. The highest BCUT2D eigenvalue weighted by molar-refractivity contribution is 6.06. The third-order valence-corrected chi connectivity index (χ3v) is 3.58. The van der Waals surface area contributed by atoms with Gasteiger partial charge in [0.05, 0.1) is 23.8 Å². The van der Waals surface area contributed by atoms with Crippen LogP contribution >= 0.6 is 0 Å². The summed E-state index contributed by atoms with van der Waals surface area (Å²) in [7, 11) is 0. The lowest BCUT2D eigenvalue weighted by Gasteiger charge is -2.15. The summed E-state index contributed by atoms with van der Waals surface area (Å²) < 4.78 is 0. The zero-order chi connectivity index (χ0) is 13.9. The van der Waals surface area contributed by atoms with Crippen LogP contribution in [0.3, 0.4) is 0 Å². The minimum absolute atomic E-state index is 0.0207. The summed E-state index contributed by atoms with van der Waals surface area (Å²) >= 11 is 0. The van der Waals surface area contributed by atoms with E-state index in [4.69, 9.17) is 0 Å². The maximum Gasteiger partial charge on any atom is 0.253 e. The van der Waals surface area contributed by atoms with Crippen molar-refractivity contribution in [3.8, 4) is 0 Å². The zero-order valence-corrected chi connectivity index (χ0v) is 11.1. The lowest BCUT2D eigenvalue weighted by molar-refractivity contribution is -0.129. The molecule has 0 bridgehead atoms.